The Morgan fingerprint density at radius 1 is 1.36 bits per heavy atom. The maximum absolute atomic E-state index is 11.2. The number of hydrogen-bond donors (Lipinski definition) is 0. The smallest absolute Gasteiger partial charge is 0.339 e. The van der Waals surface area contributed by atoms with Crippen LogP contribution in [0.5, 0.6) is 0 Å². The summed E-state index contributed by atoms with van der Waals surface area (Å²) in [6.45, 7) is 0.319. The van der Waals surface area contributed by atoms with Crippen molar-refractivity contribution in [2.45, 2.75) is 12.4 Å². The van der Waals surface area contributed by atoms with Crippen molar-refractivity contribution in [1.29, 1.82) is 0 Å². The standard InChI is InChI=1S/C10H10O4/c11-10-8(4-3-7-13-10)14-9-5-1-2-6-12-9/h1-6,8-9H,7H2. The second-order valence-electron chi connectivity index (χ2n) is 2.83. The number of ether oxygens (including phenoxy) is 3. The van der Waals surface area contributed by atoms with E-state index >= 15 is 0 Å². The van der Waals surface area contributed by atoms with Crippen molar-refractivity contribution in [3.63, 3.8) is 0 Å². The number of esters is 1. The molecule has 2 aliphatic rings. The third-order valence-electron chi connectivity index (χ3n) is 1.82. The third-order valence-corrected chi connectivity index (χ3v) is 1.82. The first kappa shape index (κ1) is 9.02. The van der Waals surface area contributed by atoms with E-state index in [-0.39, 0.29) is 5.97 Å². The summed E-state index contributed by atoms with van der Waals surface area (Å²) < 4.78 is 15.2. The quantitative estimate of drug-likeness (QED) is 0.484. The predicted octanol–water partition coefficient (Wildman–Crippen LogP) is 0.911. The fraction of sp³-hybridized carbons (Fsp3) is 0.300. The van der Waals surface area contributed by atoms with Crippen LogP contribution in [0.3, 0.4) is 0 Å². The number of carbonyl (C=O) groups excluding carboxylic acids is 1. The van der Waals surface area contributed by atoms with Crippen molar-refractivity contribution in [3.05, 3.63) is 36.6 Å². The number of allylic oxidation sites excluding steroid dienone is 2. The van der Waals surface area contributed by atoms with Gasteiger partial charge in [0.1, 0.15) is 6.61 Å². The first-order chi connectivity index (χ1) is 6.86. The van der Waals surface area contributed by atoms with Gasteiger partial charge >= 0.3 is 5.97 Å². The maximum Gasteiger partial charge on any atom is 0.339 e. The molecule has 2 atom stereocenters. The molecule has 2 heterocycles. The first-order valence-corrected chi connectivity index (χ1v) is 4.34. The van der Waals surface area contributed by atoms with Crippen LogP contribution < -0.4 is 0 Å². The van der Waals surface area contributed by atoms with Gasteiger partial charge in [-0.2, -0.15) is 0 Å². The molecule has 0 N–H and O–H groups in total. The zero-order chi connectivity index (χ0) is 9.80. The highest BCUT2D eigenvalue weighted by Gasteiger charge is 2.24. The first-order valence-electron chi connectivity index (χ1n) is 4.34. The molecule has 0 bridgehead atoms. The lowest BCUT2D eigenvalue weighted by Crippen LogP contribution is -2.32. The van der Waals surface area contributed by atoms with Crippen molar-refractivity contribution in [2.75, 3.05) is 6.61 Å². The average Bonchev–Trinajstić information content (AvgIpc) is 2.23. The second kappa shape index (κ2) is 4.11. The van der Waals surface area contributed by atoms with Crippen LogP contribution in [0.25, 0.3) is 0 Å². The molecular weight excluding hydrogens is 184 g/mol. The normalized spacial score (nSPS) is 29.9. The molecule has 0 aromatic rings. The topological polar surface area (TPSA) is 44.8 Å². The minimum atomic E-state index is -0.662. The molecular formula is C10H10O4. The van der Waals surface area contributed by atoms with Gasteiger partial charge in [-0.1, -0.05) is 6.08 Å². The third kappa shape index (κ3) is 2.03. The van der Waals surface area contributed by atoms with Gasteiger partial charge in [-0.25, -0.2) is 4.79 Å². The van der Waals surface area contributed by atoms with Crippen LogP contribution in [0.15, 0.2) is 36.6 Å². The van der Waals surface area contributed by atoms with Gasteiger partial charge in [0, 0.05) is 0 Å². The zero-order valence-corrected chi connectivity index (χ0v) is 7.46. The summed E-state index contributed by atoms with van der Waals surface area (Å²) in [5.74, 6) is -0.376. The summed E-state index contributed by atoms with van der Waals surface area (Å²) >= 11 is 0. The van der Waals surface area contributed by atoms with Crippen LogP contribution in [0.2, 0.25) is 0 Å². The highest BCUT2D eigenvalue weighted by Crippen LogP contribution is 2.11. The minimum Gasteiger partial charge on any atom is -0.469 e. The molecule has 74 valence electrons. The molecule has 0 radical (unpaired) electrons. The number of rotatable bonds is 2. The molecule has 14 heavy (non-hydrogen) atoms. The van der Waals surface area contributed by atoms with E-state index in [1.165, 1.54) is 6.26 Å². The van der Waals surface area contributed by atoms with E-state index in [1.54, 1.807) is 30.4 Å². The summed E-state index contributed by atoms with van der Waals surface area (Å²) in [6.07, 6.45) is 9.01. The molecule has 2 unspecified atom stereocenters. The van der Waals surface area contributed by atoms with Crippen LogP contribution in [0.4, 0.5) is 0 Å². The van der Waals surface area contributed by atoms with E-state index in [9.17, 15) is 4.79 Å². The Morgan fingerprint density at radius 2 is 2.29 bits per heavy atom. The summed E-state index contributed by atoms with van der Waals surface area (Å²) in [6, 6.07) is 0. The second-order valence-corrected chi connectivity index (χ2v) is 2.83. The van der Waals surface area contributed by atoms with E-state index in [1.807, 2.05) is 0 Å². The van der Waals surface area contributed by atoms with Gasteiger partial charge in [0.25, 0.3) is 0 Å². The summed E-state index contributed by atoms with van der Waals surface area (Å²) in [7, 11) is 0. The Morgan fingerprint density at radius 3 is 3.00 bits per heavy atom. The largest absolute Gasteiger partial charge is 0.469 e. The lowest BCUT2D eigenvalue weighted by molar-refractivity contribution is -0.167. The SMILES string of the molecule is O=C1OCC=CC1OC1C=CC=CO1. The van der Waals surface area contributed by atoms with E-state index in [2.05, 4.69) is 0 Å². The van der Waals surface area contributed by atoms with Crippen LogP contribution >= 0.6 is 0 Å². The van der Waals surface area contributed by atoms with E-state index < -0.39 is 12.4 Å². The molecule has 0 amide bonds. The molecule has 2 rings (SSSR count). The molecule has 4 heteroatoms. The lowest BCUT2D eigenvalue weighted by atomic mass is 10.3. The predicted molar refractivity (Wildman–Crippen MR) is 48.1 cm³/mol. The number of cyclic esters (lactones) is 1. The Labute approximate surface area is 81.4 Å². The van der Waals surface area contributed by atoms with Gasteiger partial charge in [0.05, 0.1) is 6.26 Å². The molecule has 4 nitrogen and oxygen atoms in total. The Kier molecular flexibility index (Phi) is 2.65. The Hall–Kier alpha value is -1.55. The van der Waals surface area contributed by atoms with Crippen molar-refractivity contribution in [1.82, 2.24) is 0 Å². The molecule has 0 aliphatic carbocycles. The van der Waals surface area contributed by atoms with Crippen molar-refractivity contribution >= 4 is 5.97 Å². The highest BCUT2D eigenvalue weighted by molar-refractivity contribution is 5.77. The van der Waals surface area contributed by atoms with Crippen LogP contribution in [0, 0.1) is 0 Å². The van der Waals surface area contributed by atoms with Gasteiger partial charge in [-0.05, 0) is 24.3 Å². The van der Waals surface area contributed by atoms with Gasteiger partial charge < -0.3 is 14.2 Å². The van der Waals surface area contributed by atoms with Gasteiger partial charge in [0.15, 0.2) is 6.10 Å². The average molecular weight is 194 g/mol. The van der Waals surface area contributed by atoms with Crippen LogP contribution in [-0.4, -0.2) is 25.0 Å². The summed E-state index contributed by atoms with van der Waals surface area (Å²) in [5.41, 5.74) is 0. The molecule has 0 fully saturated rings. The minimum absolute atomic E-state index is 0.319. The van der Waals surface area contributed by atoms with E-state index in [0.717, 1.165) is 0 Å². The zero-order valence-electron chi connectivity index (χ0n) is 7.46. The monoisotopic (exact) mass is 194 g/mol. The Bertz CT molecular complexity index is 303. The number of hydrogen-bond acceptors (Lipinski definition) is 4. The van der Waals surface area contributed by atoms with Gasteiger partial charge in [-0.3, -0.25) is 0 Å². The summed E-state index contributed by atoms with van der Waals surface area (Å²) in [5, 5.41) is 0. The number of carbonyl (C=O) groups is 1. The van der Waals surface area contributed by atoms with Crippen LogP contribution in [-0.2, 0) is 19.0 Å². The Balaban J connectivity index is 1.93. The molecule has 2 aliphatic heterocycles. The highest BCUT2D eigenvalue weighted by atomic mass is 16.7. The van der Waals surface area contributed by atoms with Gasteiger partial charge in [-0.15, -0.1) is 0 Å². The molecule has 0 saturated carbocycles. The molecule has 0 aromatic carbocycles. The van der Waals surface area contributed by atoms with E-state index in [0.29, 0.717) is 6.61 Å². The van der Waals surface area contributed by atoms with Gasteiger partial charge in [0.2, 0.25) is 6.29 Å². The van der Waals surface area contributed by atoms with Crippen molar-refractivity contribution in [3.8, 4) is 0 Å². The molecule has 0 aromatic heterocycles. The molecule has 0 spiro atoms. The van der Waals surface area contributed by atoms with Crippen molar-refractivity contribution < 1.29 is 19.0 Å². The van der Waals surface area contributed by atoms with Crippen LogP contribution in [0.1, 0.15) is 0 Å². The maximum atomic E-state index is 11.2. The fourth-order valence-electron chi connectivity index (χ4n) is 1.16. The van der Waals surface area contributed by atoms with Crippen molar-refractivity contribution in [2.24, 2.45) is 0 Å². The lowest BCUT2D eigenvalue weighted by Gasteiger charge is -2.21. The summed E-state index contributed by atoms with van der Waals surface area (Å²) in [4.78, 5) is 11.2. The van der Waals surface area contributed by atoms with E-state index in [4.69, 9.17) is 14.2 Å². The fourth-order valence-corrected chi connectivity index (χ4v) is 1.16. The molecule has 0 saturated heterocycles.